The van der Waals surface area contributed by atoms with Crippen molar-refractivity contribution >= 4 is 11.6 Å². The van der Waals surface area contributed by atoms with Gasteiger partial charge in [0.1, 0.15) is 5.82 Å². The van der Waals surface area contributed by atoms with Crippen LogP contribution < -0.4 is 5.32 Å². The third-order valence-electron chi connectivity index (χ3n) is 5.31. The Morgan fingerprint density at radius 2 is 1.84 bits per heavy atom. The van der Waals surface area contributed by atoms with Gasteiger partial charge < -0.3 is 10.1 Å². The van der Waals surface area contributed by atoms with Gasteiger partial charge in [-0.3, -0.25) is 9.69 Å². The van der Waals surface area contributed by atoms with E-state index in [0.717, 1.165) is 36.6 Å². The molecule has 1 aliphatic heterocycles. The van der Waals surface area contributed by atoms with E-state index in [2.05, 4.69) is 34.0 Å². The Labute approximate surface area is 183 Å². The number of aryl methyl sites for hydroxylation is 1. The second-order valence-electron chi connectivity index (χ2n) is 8.17. The van der Waals surface area contributed by atoms with Crippen molar-refractivity contribution in [3.63, 3.8) is 0 Å². The number of morpholine rings is 1. The van der Waals surface area contributed by atoms with E-state index in [0.29, 0.717) is 11.4 Å². The minimum Gasteiger partial charge on any atom is -0.373 e. The average Bonchev–Trinajstić information content (AvgIpc) is 2.74. The Morgan fingerprint density at radius 1 is 1.10 bits per heavy atom. The van der Waals surface area contributed by atoms with Crippen LogP contribution in [0.1, 0.15) is 35.6 Å². The van der Waals surface area contributed by atoms with Crippen molar-refractivity contribution in [3.05, 3.63) is 77.7 Å². The van der Waals surface area contributed by atoms with Crippen LogP contribution in [-0.4, -0.2) is 46.1 Å². The molecule has 0 unspecified atom stereocenters. The number of benzene rings is 2. The largest absolute Gasteiger partial charge is 0.373 e. The van der Waals surface area contributed by atoms with Gasteiger partial charge in [-0.2, -0.15) is 0 Å². The van der Waals surface area contributed by atoms with Crippen molar-refractivity contribution in [2.45, 2.75) is 39.5 Å². The number of hydrogen-bond acceptors (Lipinski definition) is 5. The van der Waals surface area contributed by atoms with Crippen molar-refractivity contribution in [2.75, 3.05) is 18.4 Å². The van der Waals surface area contributed by atoms with E-state index < -0.39 is 0 Å². The molecule has 1 N–H and O–H groups in total. The van der Waals surface area contributed by atoms with Gasteiger partial charge in [-0.15, -0.1) is 0 Å². The molecule has 31 heavy (non-hydrogen) atoms. The second-order valence-corrected chi connectivity index (χ2v) is 8.17. The fourth-order valence-corrected chi connectivity index (χ4v) is 4.01. The highest BCUT2D eigenvalue weighted by Crippen LogP contribution is 2.21. The molecule has 0 radical (unpaired) electrons. The Morgan fingerprint density at radius 3 is 2.55 bits per heavy atom. The fraction of sp³-hybridized carbons (Fsp3) is 0.320. The monoisotopic (exact) mass is 416 g/mol. The molecule has 0 spiro atoms. The number of nitrogens with zero attached hydrogens (tertiary/aromatic N) is 3. The summed E-state index contributed by atoms with van der Waals surface area (Å²) in [7, 11) is 0. The third-order valence-corrected chi connectivity index (χ3v) is 5.31. The molecule has 2 atom stereocenters. The molecular weight excluding hydrogens is 388 g/mol. The molecule has 2 aromatic carbocycles. The molecule has 2 heterocycles. The van der Waals surface area contributed by atoms with Gasteiger partial charge in [0.15, 0.2) is 0 Å². The number of anilines is 1. The van der Waals surface area contributed by atoms with Gasteiger partial charge in [0.2, 0.25) is 0 Å². The summed E-state index contributed by atoms with van der Waals surface area (Å²) in [5, 5.41) is 2.99. The van der Waals surface area contributed by atoms with Crippen LogP contribution in [0.15, 0.2) is 60.8 Å². The van der Waals surface area contributed by atoms with Crippen LogP contribution in [0.3, 0.4) is 0 Å². The van der Waals surface area contributed by atoms with Crippen LogP contribution in [0.5, 0.6) is 0 Å². The van der Waals surface area contributed by atoms with E-state index in [9.17, 15) is 4.79 Å². The Kier molecular flexibility index (Phi) is 6.39. The molecule has 1 aromatic heterocycles. The van der Waals surface area contributed by atoms with E-state index in [4.69, 9.17) is 4.74 Å². The number of amides is 1. The second kappa shape index (κ2) is 9.37. The number of rotatable bonds is 5. The molecule has 1 aliphatic rings. The summed E-state index contributed by atoms with van der Waals surface area (Å²) in [6, 6.07) is 17.4. The van der Waals surface area contributed by atoms with Gasteiger partial charge in [-0.05, 0) is 56.7 Å². The van der Waals surface area contributed by atoms with E-state index in [1.54, 1.807) is 6.20 Å². The molecule has 1 amide bonds. The number of hydrogen-bond donors (Lipinski definition) is 1. The Balaban J connectivity index is 1.40. The highest BCUT2D eigenvalue weighted by molar-refractivity contribution is 6.04. The first-order valence-corrected chi connectivity index (χ1v) is 10.6. The van der Waals surface area contributed by atoms with Gasteiger partial charge in [-0.25, -0.2) is 9.97 Å². The van der Waals surface area contributed by atoms with Crippen LogP contribution in [0.4, 0.5) is 5.69 Å². The van der Waals surface area contributed by atoms with Gasteiger partial charge >= 0.3 is 0 Å². The first-order chi connectivity index (χ1) is 15.0. The van der Waals surface area contributed by atoms with Crippen molar-refractivity contribution in [1.82, 2.24) is 14.9 Å². The molecule has 1 fully saturated rings. The SMILES string of the molecule is Cc1nccc(-c2cccc(NC(=O)c3ccc(CN4C[C@H](C)O[C@@H](C)C4)cc3)c2)n1. The lowest BCUT2D eigenvalue weighted by atomic mass is 10.1. The van der Waals surface area contributed by atoms with Crippen LogP contribution >= 0.6 is 0 Å². The zero-order chi connectivity index (χ0) is 21.8. The lowest BCUT2D eigenvalue weighted by Gasteiger charge is -2.35. The predicted molar refractivity (Wildman–Crippen MR) is 122 cm³/mol. The molecular formula is C25H28N4O2. The first kappa shape index (κ1) is 21.2. The Bertz CT molecular complexity index is 1040. The topological polar surface area (TPSA) is 67.4 Å². The zero-order valence-corrected chi connectivity index (χ0v) is 18.2. The van der Waals surface area contributed by atoms with E-state index >= 15 is 0 Å². The summed E-state index contributed by atoms with van der Waals surface area (Å²) < 4.78 is 5.80. The zero-order valence-electron chi connectivity index (χ0n) is 18.2. The minimum absolute atomic E-state index is 0.129. The van der Waals surface area contributed by atoms with Gasteiger partial charge in [0.25, 0.3) is 5.91 Å². The molecule has 160 valence electrons. The molecule has 6 nitrogen and oxygen atoms in total. The number of ether oxygens (including phenoxy) is 1. The van der Waals surface area contributed by atoms with Crippen LogP contribution in [0.2, 0.25) is 0 Å². The summed E-state index contributed by atoms with van der Waals surface area (Å²) >= 11 is 0. The predicted octanol–water partition coefficient (Wildman–Crippen LogP) is 4.31. The highest BCUT2D eigenvalue weighted by Gasteiger charge is 2.22. The standard InChI is InChI=1S/C25H28N4O2/c1-17-14-29(15-18(2)31-17)16-20-7-9-21(10-8-20)25(30)28-23-6-4-5-22(13-23)24-11-12-26-19(3)27-24/h4-13,17-18H,14-16H2,1-3H3,(H,28,30)/t17-,18-/m0/s1. The Hall–Kier alpha value is -3.09. The lowest BCUT2D eigenvalue weighted by Crippen LogP contribution is -2.44. The van der Waals surface area contributed by atoms with Crippen LogP contribution in [-0.2, 0) is 11.3 Å². The summed E-state index contributed by atoms with van der Waals surface area (Å²) in [5.74, 6) is 0.587. The van der Waals surface area contributed by atoms with Crippen molar-refractivity contribution in [1.29, 1.82) is 0 Å². The molecule has 0 bridgehead atoms. The van der Waals surface area contributed by atoms with E-state index in [1.165, 1.54) is 5.56 Å². The molecule has 0 saturated carbocycles. The number of aromatic nitrogens is 2. The number of nitrogens with one attached hydrogen (secondary N) is 1. The lowest BCUT2D eigenvalue weighted by molar-refractivity contribution is -0.0704. The first-order valence-electron chi connectivity index (χ1n) is 10.6. The fourth-order valence-electron chi connectivity index (χ4n) is 4.01. The maximum atomic E-state index is 12.7. The van der Waals surface area contributed by atoms with E-state index in [1.807, 2.05) is 61.5 Å². The summed E-state index contributed by atoms with van der Waals surface area (Å²) in [5.41, 5.74) is 4.33. The van der Waals surface area contributed by atoms with Crippen LogP contribution in [0, 0.1) is 6.92 Å². The van der Waals surface area contributed by atoms with Gasteiger partial charge in [0, 0.05) is 42.6 Å². The molecule has 6 heteroatoms. The maximum Gasteiger partial charge on any atom is 0.255 e. The van der Waals surface area contributed by atoms with Crippen molar-refractivity contribution < 1.29 is 9.53 Å². The smallest absolute Gasteiger partial charge is 0.255 e. The summed E-state index contributed by atoms with van der Waals surface area (Å²) in [6.45, 7) is 8.79. The number of carbonyl (C=O) groups excluding carboxylic acids is 1. The molecule has 3 aromatic rings. The molecule has 4 rings (SSSR count). The van der Waals surface area contributed by atoms with Gasteiger partial charge in [0.05, 0.1) is 17.9 Å². The van der Waals surface area contributed by atoms with Crippen molar-refractivity contribution in [3.8, 4) is 11.3 Å². The normalized spacial score (nSPS) is 19.2. The van der Waals surface area contributed by atoms with Crippen LogP contribution in [0.25, 0.3) is 11.3 Å². The molecule has 0 aliphatic carbocycles. The highest BCUT2D eigenvalue weighted by atomic mass is 16.5. The quantitative estimate of drug-likeness (QED) is 0.671. The summed E-state index contributed by atoms with van der Waals surface area (Å²) in [6.07, 6.45) is 2.23. The third kappa shape index (κ3) is 5.54. The maximum absolute atomic E-state index is 12.7. The average molecular weight is 417 g/mol. The van der Waals surface area contributed by atoms with Gasteiger partial charge in [-0.1, -0.05) is 24.3 Å². The molecule has 1 saturated heterocycles. The van der Waals surface area contributed by atoms with Crippen molar-refractivity contribution in [2.24, 2.45) is 0 Å². The van der Waals surface area contributed by atoms with E-state index in [-0.39, 0.29) is 18.1 Å². The number of carbonyl (C=O) groups is 1. The minimum atomic E-state index is -0.129. The summed E-state index contributed by atoms with van der Waals surface area (Å²) in [4.78, 5) is 23.7.